The fraction of sp³-hybridized carbons (Fsp3) is 0.267. The molecule has 0 atom stereocenters. The Labute approximate surface area is 116 Å². The first kappa shape index (κ1) is 13.6. The third-order valence-electron chi connectivity index (χ3n) is 2.87. The van der Waals surface area contributed by atoms with Gasteiger partial charge in [0.05, 0.1) is 0 Å². The van der Waals surface area contributed by atoms with Crippen molar-refractivity contribution in [3.05, 3.63) is 51.2 Å². The number of benzene rings is 1. The molecule has 0 fully saturated rings. The molecule has 0 saturated heterocycles. The van der Waals surface area contributed by atoms with Gasteiger partial charge in [-0.2, -0.15) is 0 Å². The van der Waals surface area contributed by atoms with E-state index < -0.39 is 5.97 Å². The second-order valence-corrected chi connectivity index (χ2v) is 5.52. The Morgan fingerprint density at radius 1 is 1.26 bits per heavy atom. The molecule has 2 rings (SSSR count). The van der Waals surface area contributed by atoms with Gasteiger partial charge in [0.15, 0.2) is 0 Å². The molecule has 0 amide bonds. The summed E-state index contributed by atoms with van der Waals surface area (Å²) in [5.41, 5.74) is 1.06. The zero-order chi connectivity index (χ0) is 13.8. The van der Waals surface area contributed by atoms with Crippen molar-refractivity contribution in [2.45, 2.75) is 26.9 Å². The largest absolute Gasteiger partial charge is 0.487 e. The normalized spacial score (nSPS) is 10.4. The molecule has 0 aliphatic rings. The maximum Gasteiger partial charge on any atom is 0.339 e. The third-order valence-corrected chi connectivity index (χ3v) is 4.07. The van der Waals surface area contributed by atoms with Crippen LogP contribution in [0.1, 0.15) is 32.6 Å². The number of carboxylic acid groups (broad SMARTS) is 1. The van der Waals surface area contributed by atoms with Gasteiger partial charge in [-0.1, -0.05) is 19.1 Å². The second-order valence-electron chi connectivity index (χ2n) is 4.27. The van der Waals surface area contributed by atoms with Gasteiger partial charge in [0.25, 0.3) is 0 Å². The highest BCUT2D eigenvalue weighted by atomic mass is 32.1. The molecule has 0 unspecified atom stereocenters. The van der Waals surface area contributed by atoms with E-state index in [1.807, 2.05) is 19.1 Å². The summed E-state index contributed by atoms with van der Waals surface area (Å²) in [5.74, 6) is -0.499. The molecule has 1 N–H and O–H groups in total. The summed E-state index contributed by atoms with van der Waals surface area (Å²) in [4.78, 5) is 13.6. The first-order valence-corrected chi connectivity index (χ1v) is 6.96. The molecule has 1 aromatic heterocycles. The number of carbonyl (C=O) groups is 1. The van der Waals surface area contributed by atoms with Crippen LogP contribution in [0.5, 0.6) is 5.75 Å². The van der Waals surface area contributed by atoms with Crippen molar-refractivity contribution in [1.29, 1.82) is 0 Å². The average Bonchev–Trinajstić information content (AvgIpc) is 2.85. The van der Waals surface area contributed by atoms with Crippen molar-refractivity contribution in [2.24, 2.45) is 0 Å². The quantitative estimate of drug-likeness (QED) is 0.901. The van der Waals surface area contributed by atoms with Gasteiger partial charge in [0.1, 0.15) is 17.9 Å². The van der Waals surface area contributed by atoms with Crippen LogP contribution in [0.2, 0.25) is 0 Å². The van der Waals surface area contributed by atoms with Crippen molar-refractivity contribution < 1.29 is 14.6 Å². The highest BCUT2D eigenvalue weighted by molar-refractivity contribution is 7.11. The lowest BCUT2D eigenvalue weighted by Gasteiger charge is -2.10. The molecule has 1 aromatic carbocycles. The Hall–Kier alpha value is -1.81. The van der Waals surface area contributed by atoms with Crippen molar-refractivity contribution in [1.82, 2.24) is 0 Å². The highest BCUT2D eigenvalue weighted by Gasteiger charge is 2.13. The number of rotatable bonds is 5. The van der Waals surface area contributed by atoms with Gasteiger partial charge in [0, 0.05) is 9.75 Å². The number of carboxylic acids is 1. The Balaban J connectivity index is 2.17. The Morgan fingerprint density at radius 2 is 2.00 bits per heavy atom. The Bertz CT molecular complexity index is 587. The van der Waals surface area contributed by atoms with Gasteiger partial charge >= 0.3 is 5.97 Å². The van der Waals surface area contributed by atoms with Gasteiger partial charge in [-0.3, -0.25) is 0 Å². The van der Waals surface area contributed by atoms with Crippen molar-refractivity contribution in [2.75, 3.05) is 0 Å². The second kappa shape index (κ2) is 5.89. The van der Waals surface area contributed by atoms with E-state index >= 15 is 0 Å². The number of aryl methyl sites for hydroxylation is 2. The number of thiophene rings is 1. The molecule has 0 bridgehead atoms. The molecule has 3 nitrogen and oxygen atoms in total. The van der Waals surface area contributed by atoms with Crippen LogP contribution in [0.25, 0.3) is 0 Å². The summed E-state index contributed by atoms with van der Waals surface area (Å²) in [6.45, 7) is 4.38. The molecule has 0 saturated carbocycles. The fourth-order valence-electron chi connectivity index (χ4n) is 1.85. The predicted octanol–water partition coefficient (Wildman–Crippen LogP) is 3.90. The van der Waals surface area contributed by atoms with Crippen molar-refractivity contribution >= 4 is 17.3 Å². The molecular formula is C15H16O3S. The van der Waals surface area contributed by atoms with E-state index in [0.29, 0.717) is 12.4 Å². The van der Waals surface area contributed by atoms with Crippen LogP contribution in [0.3, 0.4) is 0 Å². The van der Waals surface area contributed by atoms with E-state index in [0.717, 1.165) is 16.9 Å². The minimum absolute atomic E-state index is 0.215. The number of para-hydroxylation sites is 1. The molecule has 4 heteroatoms. The topological polar surface area (TPSA) is 46.5 Å². The van der Waals surface area contributed by atoms with Gasteiger partial charge in [0.2, 0.25) is 0 Å². The molecule has 0 spiro atoms. The van der Waals surface area contributed by atoms with Crippen LogP contribution in [-0.4, -0.2) is 11.1 Å². The van der Waals surface area contributed by atoms with E-state index in [-0.39, 0.29) is 5.56 Å². The smallest absolute Gasteiger partial charge is 0.339 e. The molecule has 0 radical (unpaired) electrons. The molecular weight excluding hydrogens is 260 g/mol. The maximum atomic E-state index is 11.2. The lowest BCUT2D eigenvalue weighted by molar-refractivity contribution is 0.0691. The number of hydrogen-bond donors (Lipinski definition) is 1. The number of ether oxygens (including phenoxy) is 1. The molecule has 2 aromatic rings. The van der Waals surface area contributed by atoms with Crippen molar-refractivity contribution in [3.8, 4) is 5.75 Å². The Morgan fingerprint density at radius 3 is 2.63 bits per heavy atom. The monoisotopic (exact) mass is 276 g/mol. The lowest BCUT2D eigenvalue weighted by atomic mass is 10.1. The molecule has 0 aliphatic carbocycles. The standard InChI is InChI=1S/C15H16O3S/c1-3-11-7-8-12(19-11)9-18-14-10(2)5-4-6-13(14)15(16)17/h4-8H,3,9H2,1-2H3,(H,16,17). The van der Waals surface area contributed by atoms with Gasteiger partial charge in [-0.25, -0.2) is 4.79 Å². The first-order chi connectivity index (χ1) is 9.11. The summed E-state index contributed by atoms with van der Waals surface area (Å²) in [5, 5.41) is 9.15. The Kier molecular flexibility index (Phi) is 4.22. The summed E-state index contributed by atoms with van der Waals surface area (Å²) in [6.07, 6.45) is 1.01. The number of aromatic carboxylic acids is 1. The summed E-state index contributed by atoms with van der Waals surface area (Å²) in [6, 6.07) is 9.26. The number of hydrogen-bond acceptors (Lipinski definition) is 3. The average molecular weight is 276 g/mol. The lowest BCUT2D eigenvalue weighted by Crippen LogP contribution is -2.04. The van der Waals surface area contributed by atoms with Crippen LogP contribution in [0.4, 0.5) is 0 Å². The first-order valence-electron chi connectivity index (χ1n) is 6.15. The van der Waals surface area contributed by atoms with E-state index in [4.69, 9.17) is 9.84 Å². The van der Waals surface area contributed by atoms with Gasteiger partial charge in [-0.05, 0) is 37.1 Å². The van der Waals surface area contributed by atoms with Crippen LogP contribution < -0.4 is 4.74 Å². The molecule has 0 aliphatic heterocycles. The minimum Gasteiger partial charge on any atom is -0.487 e. The van der Waals surface area contributed by atoms with E-state index in [1.165, 1.54) is 4.88 Å². The summed E-state index contributed by atoms with van der Waals surface area (Å²) < 4.78 is 5.70. The van der Waals surface area contributed by atoms with Gasteiger partial charge < -0.3 is 9.84 Å². The van der Waals surface area contributed by atoms with Crippen LogP contribution in [-0.2, 0) is 13.0 Å². The molecule has 1 heterocycles. The SMILES string of the molecule is CCc1ccc(COc2c(C)cccc2C(=O)O)s1. The van der Waals surface area contributed by atoms with Crippen molar-refractivity contribution in [3.63, 3.8) is 0 Å². The van der Waals surface area contributed by atoms with E-state index in [9.17, 15) is 4.79 Å². The fourth-order valence-corrected chi connectivity index (χ4v) is 2.72. The zero-order valence-electron chi connectivity index (χ0n) is 11.0. The van der Waals surface area contributed by atoms with E-state index in [1.54, 1.807) is 23.5 Å². The van der Waals surface area contributed by atoms with Crippen LogP contribution >= 0.6 is 11.3 Å². The minimum atomic E-state index is -0.959. The molecule has 100 valence electrons. The summed E-state index contributed by atoms with van der Waals surface area (Å²) >= 11 is 1.70. The van der Waals surface area contributed by atoms with Crippen LogP contribution in [0, 0.1) is 6.92 Å². The molecule has 19 heavy (non-hydrogen) atoms. The predicted molar refractivity (Wildman–Crippen MR) is 76.2 cm³/mol. The van der Waals surface area contributed by atoms with Gasteiger partial charge in [-0.15, -0.1) is 11.3 Å². The summed E-state index contributed by atoms with van der Waals surface area (Å²) in [7, 11) is 0. The highest BCUT2D eigenvalue weighted by Crippen LogP contribution is 2.26. The van der Waals surface area contributed by atoms with E-state index in [2.05, 4.69) is 13.0 Å². The third kappa shape index (κ3) is 3.15. The van der Waals surface area contributed by atoms with Crippen LogP contribution in [0.15, 0.2) is 30.3 Å². The zero-order valence-corrected chi connectivity index (χ0v) is 11.8. The maximum absolute atomic E-state index is 11.2.